The number of amides is 2. The largest absolute Gasteiger partial charge is 0.497 e. The number of anilines is 3. The summed E-state index contributed by atoms with van der Waals surface area (Å²) in [6.07, 6.45) is 2.82. The number of allylic oxidation sites excluding steroid dienone is 1. The molecular weight excluding hydrogens is 914 g/mol. The van der Waals surface area contributed by atoms with Crippen LogP contribution in [0.15, 0.2) is 108 Å². The Kier molecular flexibility index (Phi) is 15.3. The molecule has 7 rings (SSSR count). The summed E-state index contributed by atoms with van der Waals surface area (Å²) >= 11 is 4.52. The van der Waals surface area contributed by atoms with Crippen LogP contribution in [-0.4, -0.2) is 46.2 Å². The minimum absolute atomic E-state index is 0.0504. The first-order valence-electron chi connectivity index (χ1n) is 22.7. The van der Waals surface area contributed by atoms with E-state index in [1.807, 2.05) is 44.2 Å². The number of carbonyl (C=O) groups excluding carboxylic acids is 3. The molecule has 1 fully saturated rings. The van der Waals surface area contributed by atoms with E-state index in [-0.39, 0.29) is 50.3 Å². The normalized spacial score (nSPS) is 14.1. The van der Waals surface area contributed by atoms with Gasteiger partial charge in [0.25, 0.3) is 5.91 Å². The van der Waals surface area contributed by atoms with E-state index >= 15 is 0 Å². The van der Waals surface area contributed by atoms with Crippen molar-refractivity contribution < 1.29 is 36.7 Å². The molecule has 1 heterocycles. The van der Waals surface area contributed by atoms with Gasteiger partial charge in [0.2, 0.25) is 17.8 Å². The molecular formula is C54H56ClN5O8S. The number of halogens is 1. The lowest BCUT2D eigenvalue weighted by Crippen LogP contribution is -2.46. The predicted molar refractivity (Wildman–Crippen MR) is 272 cm³/mol. The number of nitrogens with zero attached hydrogens (tertiary/aromatic N) is 3. The predicted octanol–water partition coefficient (Wildman–Crippen LogP) is 12.7. The molecule has 2 atom stereocenters. The first-order valence-corrected chi connectivity index (χ1v) is 24.1. The number of ketones is 1. The van der Waals surface area contributed by atoms with Gasteiger partial charge < -0.3 is 23.4 Å². The Morgan fingerprint density at radius 3 is 2.33 bits per heavy atom. The van der Waals surface area contributed by atoms with Crippen LogP contribution in [0.3, 0.4) is 0 Å². The van der Waals surface area contributed by atoms with Gasteiger partial charge in [-0.3, -0.25) is 19.2 Å². The summed E-state index contributed by atoms with van der Waals surface area (Å²) in [5, 5.41) is 13.1. The van der Waals surface area contributed by atoms with Crippen LogP contribution >= 0.6 is 11.6 Å². The highest BCUT2D eigenvalue weighted by molar-refractivity contribution is 7.82. The highest BCUT2D eigenvalue weighted by Gasteiger charge is 2.37. The molecule has 0 aliphatic heterocycles. The van der Waals surface area contributed by atoms with Gasteiger partial charge in [0.05, 0.1) is 23.5 Å². The fourth-order valence-corrected chi connectivity index (χ4v) is 9.69. The summed E-state index contributed by atoms with van der Waals surface area (Å²) in [7, 11) is 1.48. The van der Waals surface area contributed by atoms with Crippen molar-refractivity contribution >= 4 is 80.5 Å². The van der Waals surface area contributed by atoms with Crippen molar-refractivity contribution in [2.24, 2.45) is 5.41 Å². The molecule has 5 aromatic carbocycles. The number of aryl methyl sites for hydroxylation is 2. The fraction of sp³-hybridized carbons (Fsp3) is 0.315. The number of para-hydroxylation sites is 1. The summed E-state index contributed by atoms with van der Waals surface area (Å²) in [5.74, 6) is -0.688. The van der Waals surface area contributed by atoms with E-state index in [1.165, 1.54) is 36.3 Å². The number of aromatic nitrogens is 1. The number of Topliss-reactive ketones (excluding diaryl/α,β-unsaturated/α-hetero) is 1. The maximum atomic E-state index is 14.6. The van der Waals surface area contributed by atoms with Gasteiger partial charge >= 0.3 is 17.4 Å². The lowest BCUT2D eigenvalue weighted by Gasteiger charge is -2.32. The van der Waals surface area contributed by atoms with Crippen LogP contribution in [0.2, 0.25) is 5.02 Å². The number of oxazole rings is 1. The number of ether oxygens (including phenoxy) is 2. The SMILES string of the molecule is COc1ccc(C(=O)C(OC(=O)N(c2ccc(/C=C(\C#N)c3nc4cc(C(C)(C)CC(C)(C)C)ccc4o3)c(C)c2)C2CCCC2)C(=O)Nc2cc(NS(=O)Oc3ccccc3C)ccc2Cl)cc1. The van der Waals surface area contributed by atoms with Crippen molar-refractivity contribution in [2.45, 2.75) is 98.1 Å². The van der Waals surface area contributed by atoms with Gasteiger partial charge in [0, 0.05) is 17.3 Å². The third-order valence-electron chi connectivity index (χ3n) is 12.0. The molecule has 2 N–H and O–H groups in total. The van der Waals surface area contributed by atoms with Crippen molar-refractivity contribution in [3.05, 3.63) is 142 Å². The Bertz CT molecular complexity index is 2980. The molecule has 2 unspecified atom stereocenters. The lowest BCUT2D eigenvalue weighted by molar-refractivity contribution is -0.122. The second-order valence-electron chi connectivity index (χ2n) is 19.1. The van der Waals surface area contributed by atoms with Crippen LogP contribution in [0.25, 0.3) is 22.7 Å². The Morgan fingerprint density at radius 1 is 0.942 bits per heavy atom. The highest BCUT2D eigenvalue weighted by atomic mass is 35.5. The molecule has 13 nitrogen and oxygen atoms in total. The molecule has 1 saturated carbocycles. The van der Waals surface area contributed by atoms with Crippen LogP contribution in [0.5, 0.6) is 11.5 Å². The third kappa shape index (κ3) is 12.2. The standard InChI is InChI=1S/C54H56ClN5O8S/c1-33-13-9-12-16-46(33)68-69(64)59-39-21-25-43(55)44(30-39)57-50(62)49(48(61)35-18-23-42(65-8)24-19-35)67-52(63)60(40-14-10-11-15-40)41-22-17-36(34(2)27-41)28-37(31-56)51-58-45-29-38(20-26-47(45)66-51)54(6,7)32-53(3,4)5/h9,12-13,16-30,40,49,59H,10-11,14-15,32H2,1-8H3,(H,57,62)/b37-28+. The first-order chi connectivity index (χ1) is 32.8. The molecule has 0 bridgehead atoms. The summed E-state index contributed by atoms with van der Waals surface area (Å²) in [4.78, 5) is 49.3. The quantitative estimate of drug-likeness (QED) is 0.0540. The molecule has 2 amide bonds. The minimum atomic E-state index is -2.03. The van der Waals surface area contributed by atoms with Crippen molar-refractivity contribution in [1.82, 2.24) is 4.98 Å². The van der Waals surface area contributed by atoms with Gasteiger partial charge in [-0.2, -0.15) is 9.47 Å². The van der Waals surface area contributed by atoms with E-state index in [9.17, 15) is 23.9 Å². The molecule has 0 saturated heterocycles. The van der Waals surface area contributed by atoms with Crippen molar-refractivity contribution in [3.63, 3.8) is 0 Å². The number of rotatable bonds is 16. The molecule has 1 aliphatic carbocycles. The van der Waals surface area contributed by atoms with Crippen molar-refractivity contribution in [1.29, 1.82) is 5.26 Å². The molecule has 15 heteroatoms. The summed E-state index contributed by atoms with van der Waals surface area (Å²) in [5.41, 5.74) is 5.68. The van der Waals surface area contributed by atoms with Gasteiger partial charge in [-0.15, -0.1) is 0 Å². The van der Waals surface area contributed by atoms with Gasteiger partial charge in [-0.25, -0.2) is 9.78 Å². The topological polar surface area (TPSA) is 173 Å². The van der Waals surface area contributed by atoms with Crippen LogP contribution in [0.1, 0.15) is 105 Å². The van der Waals surface area contributed by atoms with Gasteiger partial charge in [0.15, 0.2) is 5.58 Å². The minimum Gasteiger partial charge on any atom is -0.497 e. The lowest BCUT2D eigenvalue weighted by atomic mass is 9.72. The fourth-order valence-electron chi connectivity index (χ4n) is 8.81. The summed E-state index contributed by atoms with van der Waals surface area (Å²) in [6.45, 7) is 14.8. The number of nitrogens with one attached hydrogen (secondary N) is 2. The Labute approximate surface area is 410 Å². The summed E-state index contributed by atoms with van der Waals surface area (Å²) in [6, 6.07) is 30.9. The van der Waals surface area contributed by atoms with E-state index in [2.05, 4.69) is 56.8 Å². The molecule has 0 spiro atoms. The average Bonchev–Trinajstić information content (AvgIpc) is 4.00. The zero-order valence-corrected chi connectivity index (χ0v) is 41.5. The van der Waals surface area contributed by atoms with E-state index in [4.69, 9.17) is 34.7 Å². The number of fused-ring (bicyclic) bond motifs is 1. The number of methoxy groups -OCH3 is 1. The Morgan fingerprint density at radius 2 is 1.67 bits per heavy atom. The Hall–Kier alpha value is -6.95. The number of carbonyl (C=O) groups is 3. The van der Waals surface area contributed by atoms with Crippen molar-refractivity contribution in [2.75, 3.05) is 22.0 Å². The molecule has 69 heavy (non-hydrogen) atoms. The van der Waals surface area contributed by atoms with Gasteiger partial charge in [0.1, 0.15) is 28.7 Å². The van der Waals surface area contributed by atoms with Crippen LogP contribution in [-0.2, 0) is 26.2 Å². The summed E-state index contributed by atoms with van der Waals surface area (Å²) < 4.78 is 38.6. The molecule has 6 aromatic rings. The maximum Gasteiger partial charge on any atom is 0.415 e. The monoisotopic (exact) mass is 969 g/mol. The zero-order valence-electron chi connectivity index (χ0n) is 40.0. The number of benzene rings is 5. The van der Waals surface area contributed by atoms with E-state index in [0.717, 1.165) is 36.0 Å². The smallest absolute Gasteiger partial charge is 0.415 e. The molecule has 1 aliphatic rings. The first kappa shape index (κ1) is 49.9. The van der Waals surface area contributed by atoms with Gasteiger partial charge in [-0.1, -0.05) is 89.4 Å². The highest BCUT2D eigenvalue weighted by Crippen LogP contribution is 2.38. The number of nitriles is 1. The molecule has 358 valence electrons. The molecule has 0 radical (unpaired) electrons. The van der Waals surface area contributed by atoms with E-state index in [0.29, 0.717) is 46.7 Å². The van der Waals surface area contributed by atoms with Crippen LogP contribution < -0.4 is 23.9 Å². The van der Waals surface area contributed by atoms with Crippen LogP contribution in [0.4, 0.5) is 21.9 Å². The zero-order chi connectivity index (χ0) is 49.6. The number of hydrogen-bond donors (Lipinski definition) is 2. The average molecular weight is 971 g/mol. The van der Waals surface area contributed by atoms with Crippen molar-refractivity contribution in [3.8, 4) is 17.6 Å². The van der Waals surface area contributed by atoms with Crippen LogP contribution in [0, 0.1) is 30.6 Å². The Balaban J connectivity index is 1.15. The second-order valence-corrected chi connectivity index (χ2v) is 20.3. The number of hydrogen-bond acceptors (Lipinski definition) is 10. The van der Waals surface area contributed by atoms with E-state index in [1.54, 1.807) is 48.5 Å². The van der Waals surface area contributed by atoms with Gasteiger partial charge in [-0.05, 0) is 145 Å². The third-order valence-corrected chi connectivity index (χ3v) is 13.0. The molecule has 1 aromatic heterocycles. The van der Waals surface area contributed by atoms with E-state index < -0.39 is 35.2 Å². The maximum absolute atomic E-state index is 14.6. The second kappa shape index (κ2) is 21.1.